The van der Waals surface area contributed by atoms with Gasteiger partial charge in [0.25, 0.3) is 0 Å². The number of urea groups is 1. The number of nitrogens with one attached hydrogen (secondary N) is 1. The van der Waals surface area contributed by atoms with E-state index in [1.807, 2.05) is 15.8 Å². The van der Waals surface area contributed by atoms with E-state index in [0.29, 0.717) is 6.04 Å². The molecule has 4 unspecified atom stereocenters. The topological polar surface area (TPSA) is 70.4 Å². The van der Waals surface area contributed by atoms with Gasteiger partial charge in [0, 0.05) is 24.7 Å². The van der Waals surface area contributed by atoms with Gasteiger partial charge < -0.3 is 15.3 Å². The average Bonchev–Trinajstić information content (AvgIpc) is 3.15. The molecular formula is C19H30N4O2. The predicted molar refractivity (Wildman–Crippen MR) is 96.4 cm³/mol. The summed E-state index contributed by atoms with van der Waals surface area (Å²) in [6, 6.07) is 0.539. The molecule has 1 aromatic rings. The lowest BCUT2D eigenvalue weighted by Gasteiger charge is -2.37. The first-order valence-corrected chi connectivity index (χ1v) is 9.93. The number of likely N-dealkylation sites (tertiary alicyclic amines) is 1. The monoisotopic (exact) mass is 346 g/mol. The molecule has 4 rings (SSSR count). The first-order chi connectivity index (χ1) is 12.1. The summed E-state index contributed by atoms with van der Waals surface area (Å²) in [5.74, 6) is 0.971. The molecule has 6 nitrogen and oxygen atoms in total. The normalized spacial score (nSPS) is 31.1. The SMILES string of the molecule is CC(C1CC1)n1cc(NC(=O)N2CCCC2C2CCCCC2O)cn1. The van der Waals surface area contributed by atoms with Crippen molar-refractivity contribution >= 4 is 11.7 Å². The maximum absolute atomic E-state index is 12.8. The van der Waals surface area contributed by atoms with Crippen LogP contribution in [-0.4, -0.2) is 44.5 Å². The quantitative estimate of drug-likeness (QED) is 0.878. The fourth-order valence-electron chi connectivity index (χ4n) is 4.69. The summed E-state index contributed by atoms with van der Waals surface area (Å²) < 4.78 is 1.97. The van der Waals surface area contributed by atoms with Crippen LogP contribution in [0.5, 0.6) is 0 Å². The van der Waals surface area contributed by atoms with Crippen molar-refractivity contribution < 1.29 is 9.90 Å². The molecular weight excluding hydrogens is 316 g/mol. The molecule has 25 heavy (non-hydrogen) atoms. The minimum atomic E-state index is -0.255. The maximum Gasteiger partial charge on any atom is 0.322 e. The minimum Gasteiger partial charge on any atom is -0.393 e. The van der Waals surface area contributed by atoms with Crippen LogP contribution in [0.15, 0.2) is 12.4 Å². The highest BCUT2D eigenvalue weighted by Gasteiger charge is 2.39. The minimum absolute atomic E-state index is 0.0427. The van der Waals surface area contributed by atoms with Crippen molar-refractivity contribution in [1.82, 2.24) is 14.7 Å². The van der Waals surface area contributed by atoms with Gasteiger partial charge in [-0.3, -0.25) is 4.68 Å². The first-order valence-electron chi connectivity index (χ1n) is 9.93. The van der Waals surface area contributed by atoms with Crippen LogP contribution in [0, 0.1) is 11.8 Å². The van der Waals surface area contributed by atoms with E-state index in [0.717, 1.165) is 50.3 Å². The van der Waals surface area contributed by atoms with Crippen molar-refractivity contribution in [1.29, 1.82) is 0 Å². The van der Waals surface area contributed by atoms with Gasteiger partial charge in [0.1, 0.15) is 0 Å². The van der Waals surface area contributed by atoms with Gasteiger partial charge in [-0.2, -0.15) is 5.10 Å². The van der Waals surface area contributed by atoms with Crippen molar-refractivity contribution in [2.24, 2.45) is 11.8 Å². The molecule has 3 aliphatic rings. The number of carbonyl (C=O) groups excluding carboxylic acids is 1. The Kier molecular flexibility index (Phi) is 4.71. The number of aliphatic hydroxyl groups excluding tert-OH is 1. The lowest BCUT2D eigenvalue weighted by atomic mass is 9.80. The zero-order valence-electron chi connectivity index (χ0n) is 15.1. The van der Waals surface area contributed by atoms with Crippen LogP contribution in [-0.2, 0) is 0 Å². The average molecular weight is 346 g/mol. The Morgan fingerprint density at radius 1 is 1.24 bits per heavy atom. The molecule has 2 heterocycles. The van der Waals surface area contributed by atoms with Crippen molar-refractivity contribution in [2.75, 3.05) is 11.9 Å². The van der Waals surface area contributed by atoms with E-state index in [9.17, 15) is 9.90 Å². The predicted octanol–water partition coefficient (Wildman–Crippen LogP) is 3.40. The number of anilines is 1. The van der Waals surface area contributed by atoms with Crippen molar-refractivity contribution in [2.45, 2.75) is 76.5 Å². The first kappa shape index (κ1) is 16.9. The summed E-state index contributed by atoms with van der Waals surface area (Å²) in [4.78, 5) is 14.7. The number of rotatable bonds is 4. The third-order valence-electron chi connectivity index (χ3n) is 6.41. The Morgan fingerprint density at radius 3 is 2.80 bits per heavy atom. The van der Waals surface area contributed by atoms with E-state index in [-0.39, 0.29) is 24.1 Å². The van der Waals surface area contributed by atoms with Crippen LogP contribution in [0.4, 0.5) is 10.5 Å². The Labute approximate surface area is 149 Å². The molecule has 1 aromatic heterocycles. The third kappa shape index (κ3) is 3.54. The number of aliphatic hydroxyl groups is 1. The van der Waals surface area contributed by atoms with Crippen LogP contribution < -0.4 is 5.32 Å². The Balaban J connectivity index is 1.39. The molecule has 0 aromatic carbocycles. The van der Waals surface area contributed by atoms with Gasteiger partial charge in [-0.05, 0) is 51.4 Å². The summed E-state index contributed by atoms with van der Waals surface area (Å²) in [5, 5.41) is 17.8. The zero-order valence-corrected chi connectivity index (χ0v) is 15.1. The van der Waals surface area contributed by atoms with Gasteiger partial charge >= 0.3 is 6.03 Å². The summed E-state index contributed by atoms with van der Waals surface area (Å²) in [5.41, 5.74) is 0.771. The molecule has 0 radical (unpaired) electrons. The van der Waals surface area contributed by atoms with E-state index in [1.54, 1.807) is 6.20 Å². The smallest absolute Gasteiger partial charge is 0.322 e. The van der Waals surface area contributed by atoms with Crippen LogP contribution in [0.1, 0.15) is 64.3 Å². The maximum atomic E-state index is 12.8. The second-order valence-corrected chi connectivity index (χ2v) is 8.14. The number of amides is 2. The molecule has 1 saturated heterocycles. The van der Waals surface area contributed by atoms with Gasteiger partial charge in [-0.25, -0.2) is 4.79 Å². The molecule has 2 N–H and O–H groups in total. The molecule has 0 spiro atoms. The van der Waals surface area contributed by atoms with Gasteiger partial charge in [0.05, 0.1) is 24.0 Å². The standard InChI is InChI=1S/C19H30N4O2/c1-13(14-8-9-14)23-12-15(11-20-23)21-19(25)22-10-4-6-17(22)16-5-2-3-7-18(16)24/h11-14,16-18,24H,2-10H2,1H3,(H,21,25). The number of aromatic nitrogens is 2. The van der Waals surface area contributed by atoms with Gasteiger partial charge in [-0.1, -0.05) is 12.8 Å². The van der Waals surface area contributed by atoms with Gasteiger partial charge in [0.2, 0.25) is 0 Å². The van der Waals surface area contributed by atoms with E-state index in [4.69, 9.17) is 0 Å². The summed E-state index contributed by atoms with van der Waals surface area (Å²) in [6.07, 6.45) is 12.2. The second-order valence-electron chi connectivity index (χ2n) is 8.14. The largest absolute Gasteiger partial charge is 0.393 e. The summed E-state index contributed by atoms with van der Waals surface area (Å²) in [6.45, 7) is 2.98. The van der Waals surface area contributed by atoms with E-state index in [1.165, 1.54) is 19.3 Å². The number of carbonyl (C=O) groups is 1. The van der Waals surface area contributed by atoms with E-state index < -0.39 is 0 Å². The molecule has 2 saturated carbocycles. The Bertz CT molecular complexity index is 612. The Hall–Kier alpha value is -1.56. The van der Waals surface area contributed by atoms with Gasteiger partial charge in [-0.15, -0.1) is 0 Å². The lowest BCUT2D eigenvalue weighted by molar-refractivity contribution is 0.0320. The van der Waals surface area contributed by atoms with Crippen molar-refractivity contribution in [3.05, 3.63) is 12.4 Å². The highest BCUT2D eigenvalue weighted by molar-refractivity contribution is 5.89. The lowest BCUT2D eigenvalue weighted by Crippen LogP contribution is -2.46. The van der Waals surface area contributed by atoms with Crippen LogP contribution >= 0.6 is 0 Å². The van der Waals surface area contributed by atoms with Gasteiger partial charge in [0.15, 0.2) is 0 Å². The van der Waals surface area contributed by atoms with Crippen molar-refractivity contribution in [3.8, 4) is 0 Å². The molecule has 3 fully saturated rings. The Morgan fingerprint density at radius 2 is 2.04 bits per heavy atom. The molecule has 2 aliphatic carbocycles. The molecule has 0 bridgehead atoms. The second kappa shape index (κ2) is 6.98. The summed E-state index contributed by atoms with van der Waals surface area (Å²) >= 11 is 0. The molecule has 6 heteroatoms. The van der Waals surface area contributed by atoms with E-state index in [2.05, 4.69) is 17.3 Å². The zero-order chi connectivity index (χ0) is 17.4. The van der Waals surface area contributed by atoms with Crippen molar-refractivity contribution in [3.63, 3.8) is 0 Å². The molecule has 2 amide bonds. The van der Waals surface area contributed by atoms with Crippen LogP contribution in [0.25, 0.3) is 0 Å². The van der Waals surface area contributed by atoms with E-state index >= 15 is 0 Å². The highest BCUT2D eigenvalue weighted by Crippen LogP contribution is 2.39. The van der Waals surface area contributed by atoms with Crippen LogP contribution in [0.3, 0.4) is 0 Å². The third-order valence-corrected chi connectivity index (χ3v) is 6.41. The molecule has 1 aliphatic heterocycles. The highest BCUT2D eigenvalue weighted by atomic mass is 16.3. The molecule has 4 atom stereocenters. The number of hydrogen-bond acceptors (Lipinski definition) is 3. The number of nitrogens with zero attached hydrogens (tertiary/aromatic N) is 3. The molecule has 138 valence electrons. The van der Waals surface area contributed by atoms with Crippen LogP contribution in [0.2, 0.25) is 0 Å². The fraction of sp³-hybridized carbons (Fsp3) is 0.789. The fourth-order valence-corrected chi connectivity index (χ4v) is 4.69. The summed E-state index contributed by atoms with van der Waals surface area (Å²) in [7, 11) is 0. The number of hydrogen-bond donors (Lipinski definition) is 2.